The van der Waals surface area contributed by atoms with E-state index in [1.54, 1.807) is 0 Å². The van der Waals surface area contributed by atoms with E-state index in [0.29, 0.717) is 30.5 Å². The SMILES string of the molecule is CCc1ncnc(N(CCCN)C2CC2)c1F. The zero-order valence-electron chi connectivity index (χ0n) is 10.2. The average Bonchev–Trinajstić information content (AvgIpc) is 3.16. The van der Waals surface area contributed by atoms with Crippen molar-refractivity contribution in [3.05, 3.63) is 17.8 Å². The van der Waals surface area contributed by atoms with Gasteiger partial charge >= 0.3 is 0 Å². The van der Waals surface area contributed by atoms with Crippen molar-refractivity contribution in [3.63, 3.8) is 0 Å². The second-order valence-electron chi connectivity index (χ2n) is 4.38. The summed E-state index contributed by atoms with van der Waals surface area (Å²) in [5.74, 6) is 0.187. The highest BCUT2D eigenvalue weighted by Crippen LogP contribution is 2.32. The second-order valence-corrected chi connectivity index (χ2v) is 4.38. The van der Waals surface area contributed by atoms with Crippen molar-refractivity contribution in [2.75, 3.05) is 18.0 Å². The normalized spacial score (nSPS) is 15.0. The van der Waals surface area contributed by atoms with E-state index in [9.17, 15) is 4.39 Å². The van der Waals surface area contributed by atoms with Gasteiger partial charge in [0.15, 0.2) is 11.6 Å². The van der Waals surface area contributed by atoms with Crippen molar-refractivity contribution < 1.29 is 4.39 Å². The van der Waals surface area contributed by atoms with Gasteiger partial charge in [-0.15, -0.1) is 0 Å². The lowest BCUT2D eigenvalue weighted by Crippen LogP contribution is -2.30. The van der Waals surface area contributed by atoms with E-state index < -0.39 is 0 Å². The number of halogens is 1. The molecule has 1 fully saturated rings. The van der Waals surface area contributed by atoms with Crippen LogP contribution in [0.25, 0.3) is 0 Å². The Morgan fingerprint density at radius 2 is 2.24 bits per heavy atom. The summed E-state index contributed by atoms with van der Waals surface area (Å²) in [6.45, 7) is 3.30. The number of nitrogens with zero attached hydrogens (tertiary/aromatic N) is 3. The average molecular weight is 238 g/mol. The van der Waals surface area contributed by atoms with Crippen LogP contribution in [0.15, 0.2) is 6.33 Å². The van der Waals surface area contributed by atoms with Gasteiger partial charge in [-0.3, -0.25) is 0 Å². The predicted octanol–water partition coefficient (Wildman–Crippen LogP) is 1.50. The zero-order valence-corrected chi connectivity index (χ0v) is 10.2. The molecule has 2 N–H and O–H groups in total. The summed E-state index contributed by atoms with van der Waals surface area (Å²) < 4.78 is 14.1. The van der Waals surface area contributed by atoms with Gasteiger partial charge in [-0.25, -0.2) is 14.4 Å². The first kappa shape index (κ1) is 12.2. The Balaban J connectivity index is 2.22. The molecule has 4 nitrogen and oxygen atoms in total. The predicted molar refractivity (Wildman–Crippen MR) is 65.4 cm³/mol. The molecule has 1 aromatic rings. The topological polar surface area (TPSA) is 55.0 Å². The first-order chi connectivity index (χ1) is 8.27. The fraction of sp³-hybridized carbons (Fsp3) is 0.667. The lowest BCUT2D eigenvalue weighted by molar-refractivity contribution is 0.578. The Kier molecular flexibility index (Phi) is 3.89. The van der Waals surface area contributed by atoms with Crippen LogP contribution < -0.4 is 10.6 Å². The Labute approximate surface area is 101 Å². The van der Waals surface area contributed by atoms with E-state index in [0.717, 1.165) is 25.8 Å². The van der Waals surface area contributed by atoms with Crippen molar-refractivity contribution in [2.24, 2.45) is 5.73 Å². The molecule has 5 heteroatoms. The van der Waals surface area contributed by atoms with Gasteiger partial charge in [-0.2, -0.15) is 0 Å². The second kappa shape index (κ2) is 5.40. The van der Waals surface area contributed by atoms with E-state index in [4.69, 9.17) is 5.73 Å². The van der Waals surface area contributed by atoms with Gasteiger partial charge in [0, 0.05) is 12.6 Å². The van der Waals surface area contributed by atoms with Gasteiger partial charge in [0.25, 0.3) is 0 Å². The fourth-order valence-corrected chi connectivity index (χ4v) is 1.95. The van der Waals surface area contributed by atoms with E-state index >= 15 is 0 Å². The molecule has 0 amide bonds. The maximum atomic E-state index is 14.1. The van der Waals surface area contributed by atoms with Crippen LogP contribution in [-0.4, -0.2) is 29.1 Å². The summed E-state index contributed by atoms with van der Waals surface area (Å²) in [4.78, 5) is 10.1. The molecule has 1 heterocycles. The number of hydrogen-bond acceptors (Lipinski definition) is 4. The highest BCUT2D eigenvalue weighted by atomic mass is 19.1. The summed E-state index contributed by atoms with van der Waals surface area (Å²) >= 11 is 0. The van der Waals surface area contributed by atoms with Crippen LogP contribution in [0.5, 0.6) is 0 Å². The molecule has 0 bridgehead atoms. The minimum absolute atomic E-state index is 0.265. The highest BCUT2D eigenvalue weighted by Gasteiger charge is 2.31. The largest absolute Gasteiger partial charge is 0.351 e. The van der Waals surface area contributed by atoms with Crippen LogP contribution in [0.1, 0.15) is 31.9 Å². The molecule has 1 saturated carbocycles. The zero-order chi connectivity index (χ0) is 12.3. The van der Waals surface area contributed by atoms with E-state index in [1.165, 1.54) is 6.33 Å². The monoisotopic (exact) mass is 238 g/mol. The molecule has 17 heavy (non-hydrogen) atoms. The van der Waals surface area contributed by atoms with Crippen molar-refractivity contribution in [1.29, 1.82) is 0 Å². The molecule has 2 rings (SSSR count). The smallest absolute Gasteiger partial charge is 0.187 e. The van der Waals surface area contributed by atoms with Crippen molar-refractivity contribution in [2.45, 2.75) is 38.6 Å². The molecule has 0 unspecified atom stereocenters. The van der Waals surface area contributed by atoms with Crippen molar-refractivity contribution >= 4 is 5.82 Å². The minimum Gasteiger partial charge on any atom is -0.351 e. The summed E-state index contributed by atoms with van der Waals surface area (Å²) in [7, 11) is 0. The van der Waals surface area contributed by atoms with Gasteiger partial charge < -0.3 is 10.6 Å². The molecule has 0 atom stereocenters. The van der Waals surface area contributed by atoms with Crippen LogP contribution in [0, 0.1) is 5.82 Å². The van der Waals surface area contributed by atoms with Gasteiger partial charge in [-0.05, 0) is 32.2 Å². The molecule has 0 saturated heterocycles. The minimum atomic E-state index is -0.265. The third-order valence-corrected chi connectivity index (χ3v) is 3.04. The molecule has 0 spiro atoms. The quantitative estimate of drug-likeness (QED) is 0.816. The van der Waals surface area contributed by atoms with E-state index in [-0.39, 0.29) is 5.82 Å². The van der Waals surface area contributed by atoms with Gasteiger partial charge in [-0.1, -0.05) is 6.92 Å². The number of rotatable bonds is 6. The van der Waals surface area contributed by atoms with Crippen LogP contribution in [-0.2, 0) is 6.42 Å². The van der Waals surface area contributed by atoms with Gasteiger partial charge in [0.05, 0.1) is 5.69 Å². The van der Waals surface area contributed by atoms with Crippen LogP contribution >= 0.6 is 0 Å². The number of anilines is 1. The third-order valence-electron chi connectivity index (χ3n) is 3.04. The lowest BCUT2D eigenvalue weighted by Gasteiger charge is -2.24. The molecule has 0 aliphatic heterocycles. The molecule has 0 aromatic carbocycles. The standard InChI is InChI=1S/C12H19FN4/c1-2-10-11(13)12(16-8-15-10)17(7-3-6-14)9-4-5-9/h8-9H,2-7,14H2,1H3. The summed E-state index contributed by atoms with van der Waals surface area (Å²) in [6, 6.07) is 0.440. The van der Waals surface area contributed by atoms with Crippen LogP contribution in [0.2, 0.25) is 0 Å². The highest BCUT2D eigenvalue weighted by molar-refractivity contribution is 5.43. The number of aryl methyl sites for hydroxylation is 1. The van der Waals surface area contributed by atoms with Gasteiger partial charge in [0.2, 0.25) is 0 Å². The molecule has 94 valence electrons. The van der Waals surface area contributed by atoms with Gasteiger partial charge in [0.1, 0.15) is 6.33 Å². The summed E-state index contributed by atoms with van der Waals surface area (Å²) in [5, 5.41) is 0. The van der Waals surface area contributed by atoms with Crippen molar-refractivity contribution in [3.8, 4) is 0 Å². The first-order valence-electron chi connectivity index (χ1n) is 6.24. The Morgan fingerprint density at radius 1 is 1.47 bits per heavy atom. The molecule has 0 radical (unpaired) electrons. The summed E-state index contributed by atoms with van der Waals surface area (Å²) in [5.41, 5.74) is 6.01. The van der Waals surface area contributed by atoms with Crippen LogP contribution in [0.3, 0.4) is 0 Å². The number of nitrogens with two attached hydrogens (primary N) is 1. The Morgan fingerprint density at radius 3 is 2.82 bits per heavy atom. The van der Waals surface area contributed by atoms with E-state index in [2.05, 4.69) is 9.97 Å². The fourth-order valence-electron chi connectivity index (χ4n) is 1.95. The lowest BCUT2D eigenvalue weighted by atomic mass is 10.2. The molecule has 1 aliphatic carbocycles. The molecular formula is C12H19FN4. The van der Waals surface area contributed by atoms with E-state index in [1.807, 2.05) is 11.8 Å². The molecule has 1 aliphatic rings. The Bertz CT molecular complexity index is 379. The summed E-state index contributed by atoms with van der Waals surface area (Å²) in [6.07, 6.45) is 5.15. The van der Waals surface area contributed by atoms with Crippen LogP contribution in [0.4, 0.5) is 10.2 Å². The number of hydrogen-bond donors (Lipinski definition) is 1. The molecule has 1 aromatic heterocycles. The molecular weight excluding hydrogens is 219 g/mol. The third kappa shape index (κ3) is 2.72. The number of aromatic nitrogens is 2. The Hall–Kier alpha value is -1.23. The maximum absolute atomic E-state index is 14.1. The van der Waals surface area contributed by atoms with Crippen molar-refractivity contribution in [1.82, 2.24) is 9.97 Å². The maximum Gasteiger partial charge on any atom is 0.187 e. The first-order valence-corrected chi connectivity index (χ1v) is 6.24.